The second kappa shape index (κ2) is 9.49. The molecule has 1 radical (unpaired) electrons. The summed E-state index contributed by atoms with van der Waals surface area (Å²) in [5, 5.41) is 1.98. The van der Waals surface area contributed by atoms with Crippen LogP contribution < -0.4 is 5.19 Å². The van der Waals surface area contributed by atoms with E-state index in [4.69, 9.17) is 0 Å². The highest BCUT2D eigenvalue weighted by molar-refractivity contribution is 6.76. The van der Waals surface area contributed by atoms with Gasteiger partial charge in [0.2, 0.25) is 0 Å². The molecule has 1 aromatic rings. The van der Waals surface area contributed by atoms with Gasteiger partial charge in [-0.2, -0.15) is 0 Å². The zero-order valence-electron chi connectivity index (χ0n) is 25.1. The van der Waals surface area contributed by atoms with Crippen molar-refractivity contribution < 1.29 is 0 Å². The lowest BCUT2D eigenvalue weighted by Gasteiger charge is -2.37. The number of hydrogen-bond donors (Lipinski definition) is 0. The molecule has 0 unspecified atom stereocenters. The smallest absolute Gasteiger partial charge is 0.0772 e. The molecule has 0 aromatic heterocycles. The van der Waals surface area contributed by atoms with Gasteiger partial charge < -0.3 is 0 Å². The number of hydrogen-bond acceptors (Lipinski definition) is 0. The van der Waals surface area contributed by atoms with Crippen LogP contribution in [0, 0.1) is 0 Å². The Kier molecular flexibility index (Phi) is 7.38. The first kappa shape index (κ1) is 27.2. The zero-order valence-corrected chi connectivity index (χ0v) is 26.1. The van der Waals surface area contributed by atoms with Crippen molar-refractivity contribution in [3.8, 4) is 0 Å². The largest absolute Gasteiger partial charge is 0.0948 e. The quantitative estimate of drug-likeness (QED) is 0.238. The maximum Gasteiger partial charge on any atom is 0.0948 e. The van der Waals surface area contributed by atoms with Crippen LogP contribution in [0.15, 0.2) is 17.2 Å². The molecule has 2 aliphatic carbocycles. The monoisotopic (exact) mass is 491 g/mol. The maximum atomic E-state index is 2.87. The molecule has 1 heteroatoms. The molecule has 4 rings (SSSR count). The third kappa shape index (κ3) is 3.56. The molecule has 195 valence electrons. The van der Waals surface area contributed by atoms with Crippen LogP contribution in [0.25, 0.3) is 0 Å². The van der Waals surface area contributed by atoms with Crippen molar-refractivity contribution in [1.29, 1.82) is 0 Å². The Morgan fingerprint density at radius 2 is 0.857 bits per heavy atom. The van der Waals surface area contributed by atoms with Gasteiger partial charge in [0.05, 0.1) is 8.80 Å². The normalized spacial score (nSPS) is 23.7. The molecule has 0 fully saturated rings. The molecule has 0 N–H and O–H groups in total. The van der Waals surface area contributed by atoms with Crippen molar-refractivity contribution in [3.05, 3.63) is 39.5 Å². The van der Waals surface area contributed by atoms with E-state index < -0.39 is 8.80 Å². The molecule has 0 bridgehead atoms. The second-order valence-electron chi connectivity index (χ2n) is 12.9. The fourth-order valence-corrected chi connectivity index (χ4v) is 13.2. The van der Waals surface area contributed by atoms with Crippen molar-refractivity contribution in [2.75, 3.05) is 0 Å². The van der Waals surface area contributed by atoms with Crippen LogP contribution in [0.1, 0.15) is 156 Å². The fraction of sp³-hybridized carbons (Fsp3) is 0.765. The van der Waals surface area contributed by atoms with Crippen LogP contribution >= 0.6 is 0 Å². The van der Waals surface area contributed by atoms with Crippen LogP contribution in [0.3, 0.4) is 0 Å². The molecular formula is C34H55Si. The number of rotatable bonds is 9. The molecule has 1 aromatic carbocycles. The van der Waals surface area contributed by atoms with Crippen molar-refractivity contribution in [3.63, 3.8) is 0 Å². The SMILES string of the molecule is CCC1(CC)CC(CC)(CC)c2c1cc1c(c2[Si]2CC(C)=C(C)C2)C(CC)(CC)CC1(CC)CC. The highest BCUT2D eigenvalue weighted by atomic mass is 28.3. The molecule has 0 amide bonds. The average Bonchev–Trinajstić information content (AvgIpc) is 3.49. The first-order valence-electron chi connectivity index (χ1n) is 15.4. The Balaban J connectivity index is 2.19. The van der Waals surface area contributed by atoms with Gasteiger partial charge in [-0.15, -0.1) is 0 Å². The zero-order chi connectivity index (χ0) is 25.8. The lowest BCUT2D eigenvalue weighted by Crippen LogP contribution is -2.43. The minimum atomic E-state index is -0.620. The van der Waals surface area contributed by atoms with Crippen molar-refractivity contribution >= 4 is 14.0 Å². The van der Waals surface area contributed by atoms with E-state index in [9.17, 15) is 0 Å². The van der Waals surface area contributed by atoms with Crippen molar-refractivity contribution in [2.24, 2.45) is 0 Å². The fourth-order valence-electron chi connectivity index (χ4n) is 9.29. The molecular weight excluding hydrogens is 436 g/mol. The topological polar surface area (TPSA) is 0 Å². The molecule has 0 spiro atoms. The Morgan fingerprint density at radius 1 is 0.543 bits per heavy atom. The third-order valence-corrected chi connectivity index (χ3v) is 15.5. The van der Waals surface area contributed by atoms with Gasteiger partial charge in [-0.1, -0.05) is 77.8 Å². The van der Waals surface area contributed by atoms with Crippen LogP contribution in [0.2, 0.25) is 12.1 Å². The van der Waals surface area contributed by atoms with Gasteiger partial charge >= 0.3 is 0 Å². The average molecular weight is 492 g/mol. The predicted molar refractivity (Wildman–Crippen MR) is 158 cm³/mol. The van der Waals surface area contributed by atoms with Crippen molar-refractivity contribution in [1.82, 2.24) is 0 Å². The van der Waals surface area contributed by atoms with Gasteiger partial charge in [0.1, 0.15) is 0 Å². The molecule has 1 aliphatic heterocycles. The number of allylic oxidation sites excluding steroid dienone is 2. The molecule has 0 atom stereocenters. The van der Waals surface area contributed by atoms with Gasteiger partial charge in [0, 0.05) is 0 Å². The van der Waals surface area contributed by atoms with Crippen LogP contribution in [-0.4, -0.2) is 8.80 Å². The summed E-state index contributed by atoms with van der Waals surface area (Å²) in [4.78, 5) is 0. The summed E-state index contributed by atoms with van der Waals surface area (Å²) >= 11 is 0. The molecule has 1 heterocycles. The summed E-state index contributed by atoms with van der Waals surface area (Å²) in [5.74, 6) is 0. The molecule has 3 aliphatic rings. The number of fused-ring (bicyclic) bond motifs is 2. The van der Waals surface area contributed by atoms with E-state index in [1.807, 2.05) is 27.4 Å². The van der Waals surface area contributed by atoms with Gasteiger partial charge in [-0.05, 0) is 134 Å². The molecule has 0 saturated heterocycles. The predicted octanol–water partition coefficient (Wildman–Crippen LogP) is 9.78. The van der Waals surface area contributed by atoms with E-state index in [0.717, 1.165) is 0 Å². The van der Waals surface area contributed by atoms with E-state index in [1.54, 1.807) is 11.1 Å². The Labute approximate surface area is 220 Å². The first-order valence-corrected chi connectivity index (χ1v) is 17.3. The van der Waals surface area contributed by atoms with Gasteiger partial charge in [0.25, 0.3) is 0 Å². The standard InChI is InChI=1S/C34H55Si/c1-11-31(12-2)22-33(15-5,16-6)28-26(31)19-27-29(30(28)35-20-24(9)25(10)21-35)34(17-7,18-8)23-32(27,13-3)14-4/h19H,11-18,20-23H2,1-10H3. The highest BCUT2D eigenvalue weighted by Gasteiger charge is 2.57. The van der Waals surface area contributed by atoms with Crippen LogP contribution in [-0.2, 0) is 21.7 Å². The van der Waals surface area contributed by atoms with Gasteiger partial charge in [-0.25, -0.2) is 0 Å². The Bertz CT molecular complexity index is 902. The summed E-state index contributed by atoms with van der Waals surface area (Å²) in [5.41, 5.74) is 12.4. The van der Waals surface area contributed by atoms with E-state index in [-0.39, 0.29) is 0 Å². The minimum Gasteiger partial charge on any atom is -0.0772 e. The van der Waals surface area contributed by atoms with Gasteiger partial charge in [-0.3, -0.25) is 0 Å². The molecule has 0 nitrogen and oxygen atoms in total. The summed E-state index contributed by atoms with van der Waals surface area (Å²) < 4.78 is 0. The summed E-state index contributed by atoms with van der Waals surface area (Å²) in [7, 11) is -0.620. The first-order chi connectivity index (χ1) is 16.7. The Hall–Kier alpha value is -0.823. The summed E-state index contributed by atoms with van der Waals surface area (Å²) in [6, 6.07) is 5.66. The van der Waals surface area contributed by atoms with Crippen molar-refractivity contribution in [2.45, 2.75) is 167 Å². The van der Waals surface area contributed by atoms with E-state index >= 15 is 0 Å². The summed E-state index contributed by atoms with van der Waals surface area (Å²) in [6.45, 7) is 24.9. The maximum absolute atomic E-state index is 2.87. The van der Waals surface area contributed by atoms with E-state index in [2.05, 4.69) is 75.3 Å². The minimum absolute atomic E-state index is 0.376. The lowest BCUT2D eigenvalue weighted by molar-refractivity contribution is 0.279. The molecule has 35 heavy (non-hydrogen) atoms. The second-order valence-corrected chi connectivity index (χ2v) is 15.3. The summed E-state index contributed by atoms with van der Waals surface area (Å²) in [6.07, 6.45) is 13.2. The third-order valence-electron chi connectivity index (χ3n) is 12.3. The lowest BCUT2D eigenvalue weighted by atomic mass is 9.70. The highest BCUT2D eigenvalue weighted by Crippen LogP contribution is 2.62. The van der Waals surface area contributed by atoms with Crippen LogP contribution in [0.5, 0.6) is 0 Å². The number of benzene rings is 1. The molecule has 0 saturated carbocycles. The van der Waals surface area contributed by atoms with E-state index in [1.165, 1.54) is 76.3 Å². The van der Waals surface area contributed by atoms with Crippen LogP contribution in [0.4, 0.5) is 0 Å². The van der Waals surface area contributed by atoms with Gasteiger partial charge in [0.15, 0.2) is 0 Å². The van der Waals surface area contributed by atoms with E-state index in [0.29, 0.717) is 21.7 Å². The Morgan fingerprint density at radius 3 is 1.14 bits per heavy atom.